The van der Waals surface area contributed by atoms with Crippen molar-refractivity contribution in [2.45, 2.75) is 44.1 Å². The Balaban J connectivity index is 1.45. The van der Waals surface area contributed by atoms with Gasteiger partial charge in [-0.15, -0.1) is 10.2 Å². The molecule has 1 aromatic carbocycles. The third kappa shape index (κ3) is 2.10. The first-order valence-electron chi connectivity index (χ1n) is 9.01. The maximum atomic E-state index is 12.9. The molecule has 3 aliphatic rings. The summed E-state index contributed by atoms with van der Waals surface area (Å²) in [4.78, 5) is 15.0. The fourth-order valence-corrected chi connectivity index (χ4v) is 4.51. The number of likely N-dealkylation sites (tertiary alicyclic amines) is 1. The third-order valence-corrected chi connectivity index (χ3v) is 6.16. The molecular formula is C19H22N4O. The van der Waals surface area contributed by atoms with Crippen LogP contribution < -0.4 is 0 Å². The number of nitrogens with zero attached hydrogens (tertiary/aromatic N) is 4. The fourth-order valence-electron chi connectivity index (χ4n) is 4.51. The first-order chi connectivity index (χ1) is 11.8. The highest BCUT2D eigenvalue weighted by Crippen LogP contribution is 2.56. The van der Waals surface area contributed by atoms with Crippen molar-refractivity contribution in [3.63, 3.8) is 0 Å². The lowest BCUT2D eigenvalue weighted by Gasteiger charge is -2.42. The van der Waals surface area contributed by atoms with Gasteiger partial charge >= 0.3 is 0 Å². The molecular weight excluding hydrogens is 300 g/mol. The van der Waals surface area contributed by atoms with E-state index in [2.05, 4.69) is 14.8 Å². The standard InChI is InChI=1S/C19H22N4O/c24-18(14-5-2-1-3-6-14)22-11-16(19(12-22)9-4-10-19)17-21-20-13-23(17)15-7-8-15/h1-3,5-6,13,15-16H,4,7-12H2. The molecule has 0 radical (unpaired) electrons. The van der Waals surface area contributed by atoms with E-state index in [0.29, 0.717) is 12.0 Å². The Labute approximate surface area is 141 Å². The Morgan fingerprint density at radius 2 is 1.96 bits per heavy atom. The quantitative estimate of drug-likeness (QED) is 0.873. The molecule has 124 valence electrons. The molecule has 1 unspecified atom stereocenters. The maximum Gasteiger partial charge on any atom is 0.253 e. The zero-order chi connectivity index (χ0) is 16.1. The monoisotopic (exact) mass is 322 g/mol. The highest BCUT2D eigenvalue weighted by atomic mass is 16.2. The second-order valence-corrected chi connectivity index (χ2v) is 7.65. The number of aromatic nitrogens is 3. The molecule has 0 N–H and O–H groups in total. The van der Waals surface area contributed by atoms with Gasteiger partial charge in [0.2, 0.25) is 0 Å². The predicted octanol–water partition coefficient (Wildman–Crippen LogP) is 3.02. The lowest BCUT2D eigenvalue weighted by Crippen LogP contribution is -2.38. The Morgan fingerprint density at radius 1 is 1.17 bits per heavy atom. The van der Waals surface area contributed by atoms with Gasteiger partial charge in [-0.05, 0) is 43.2 Å². The average molecular weight is 322 g/mol. The van der Waals surface area contributed by atoms with Crippen LogP contribution in [0.2, 0.25) is 0 Å². The van der Waals surface area contributed by atoms with E-state index in [0.717, 1.165) is 24.5 Å². The summed E-state index contributed by atoms with van der Waals surface area (Å²) in [6, 6.07) is 10.2. The largest absolute Gasteiger partial charge is 0.337 e. The third-order valence-electron chi connectivity index (χ3n) is 6.16. The molecule has 2 heterocycles. The second-order valence-electron chi connectivity index (χ2n) is 7.65. The normalized spacial score (nSPS) is 25.0. The number of amides is 1. The highest BCUT2D eigenvalue weighted by Gasteiger charge is 2.54. The van der Waals surface area contributed by atoms with Gasteiger partial charge in [0.25, 0.3) is 5.91 Å². The Bertz CT molecular complexity index is 761. The molecule has 24 heavy (non-hydrogen) atoms. The van der Waals surface area contributed by atoms with Gasteiger partial charge in [0, 0.05) is 30.6 Å². The summed E-state index contributed by atoms with van der Waals surface area (Å²) < 4.78 is 2.28. The molecule has 2 saturated carbocycles. The van der Waals surface area contributed by atoms with E-state index in [9.17, 15) is 4.79 Å². The molecule has 1 spiro atoms. The molecule has 1 amide bonds. The minimum Gasteiger partial charge on any atom is -0.337 e. The lowest BCUT2D eigenvalue weighted by molar-refractivity contribution is 0.0723. The molecule has 5 rings (SSSR count). The molecule has 2 aliphatic carbocycles. The van der Waals surface area contributed by atoms with Gasteiger partial charge < -0.3 is 9.47 Å². The fraction of sp³-hybridized carbons (Fsp3) is 0.526. The molecule has 1 atom stereocenters. The van der Waals surface area contributed by atoms with Crippen molar-refractivity contribution in [2.75, 3.05) is 13.1 Å². The highest BCUT2D eigenvalue weighted by molar-refractivity contribution is 5.94. The Hall–Kier alpha value is -2.17. The van der Waals surface area contributed by atoms with E-state index in [1.807, 2.05) is 41.6 Å². The van der Waals surface area contributed by atoms with Crippen LogP contribution in [0, 0.1) is 5.41 Å². The SMILES string of the molecule is O=C(c1ccccc1)N1CC(c2nncn2C2CC2)C2(CCC2)C1. The summed E-state index contributed by atoms with van der Waals surface area (Å²) in [7, 11) is 0. The topological polar surface area (TPSA) is 51.0 Å². The van der Waals surface area contributed by atoms with Gasteiger partial charge in [0.15, 0.2) is 0 Å². The van der Waals surface area contributed by atoms with Gasteiger partial charge in [-0.25, -0.2) is 0 Å². The van der Waals surface area contributed by atoms with Gasteiger partial charge in [0.1, 0.15) is 12.2 Å². The molecule has 5 nitrogen and oxygen atoms in total. The minimum absolute atomic E-state index is 0.155. The summed E-state index contributed by atoms with van der Waals surface area (Å²) in [6.45, 7) is 1.64. The van der Waals surface area contributed by atoms with Gasteiger partial charge in [-0.1, -0.05) is 24.6 Å². The average Bonchev–Trinajstić information content (AvgIpc) is 3.17. The summed E-state index contributed by atoms with van der Waals surface area (Å²) in [6.07, 6.45) is 8.03. The molecule has 1 saturated heterocycles. The van der Waals surface area contributed by atoms with Gasteiger partial charge in [0.05, 0.1) is 0 Å². The number of hydrogen-bond acceptors (Lipinski definition) is 3. The molecule has 0 bridgehead atoms. The van der Waals surface area contributed by atoms with Crippen molar-refractivity contribution in [3.05, 3.63) is 48.0 Å². The maximum absolute atomic E-state index is 12.9. The number of rotatable bonds is 3. The molecule has 1 aliphatic heterocycles. The van der Waals surface area contributed by atoms with E-state index in [4.69, 9.17) is 0 Å². The van der Waals surface area contributed by atoms with Crippen LogP contribution in [0.1, 0.15) is 60.2 Å². The van der Waals surface area contributed by atoms with E-state index in [1.165, 1.54) is 32.1 Å². The predicted molar refractivity (Wildman–Crippen MR) is 89.7 cm³/mol. The van der Waals surface area contributed by atoms with E-state index in [1.54, 1.807) is 0 Å². The molecule has 5 heteroatoms. The van der Waals surface area contributed by atoms with Crippen molar-refractivity contribution >= 4 is 5.91 Å². The van der Waals surface area contributed by atoms with Gasteiger partial charge in [-0.3, -0.25) is 4.79 Å². The van der Waals surface area contributed by atoms with Crippen molar-refractivity contribution in [1.82, 2.24) is 19.7 Å². The van der Waals surface area contributed by atoms with Crippen molar-refractivity contribution < 1.29 is 4.79 Å². The summed E-state index contributed by atoms with van der Waals surface area (Å²) >= 11 is 0. The second kappa shape index (κ2) is 5.16. The van der Waals surface area contributed by atoms with Crippen molar-refractivity contribution in [3.8, 4) is 0 Å². The van der Waals surface area contributed by atoms with Crippen molar-refractivity contribution in [1.29, 1.82) is 0 Å². The van der Waals surface area contributed by atoms with Crippen LogP contribution in [0.25, 0.3) is 0 Å². The van der Waals surface area contributed by atoms with Crippen molar-refractivity contribution in [2.24, 2.45) is 5.41 Å². The van der Waals surface area contributed by atoms with Crippen LogP contribution >= 0.6 is 0 Å². The van der Waals surface area contributed by atoms with Crippen LogP contribution in [-0.2, 0) is 0 Å². The summed E-state index contributed by atoms with van der Waals surface area (Å²) in [5.74, 6) is 1.60. The first-order valence-corrected chi connectivity index (χ1v) is 9.01. The van der Waals surface area contributed by atoms with Crippen LogP contribution in [0.5, 0.6) is 0 Å². The first kappa shape index (κ1) is 14.2. The summed E-state index contributed by atoms with van der Waals surface area (Å²) in [5, 5.41) is 8.67. The van der Waals surface area contributed by atoms with E-state index >= 15 is 0 Å². The molecule has 2 aromatic rings. The Kier molecular flexibility index (Phi) is 3.05. The minimum atomic E-state index is 0.155. The number of carbonyl (C=O) groups excluding carboxylic acids is 1. The lowest BCUT2D eigenvalue weighted by atomic mass is 9.62. The number of carbonyl (C=O) groups is 1. The zero-order valence-electron chi connectivity index (χ0n) is 13.8. The molecule has 1 aromatic heterocycles. The number of benzene rings is 1. The van der Waals surface area contributed by atoms with Crippen LogP contribution in [-0.4, -0.2) is 38.7 Å². The van der Waals surface area contributed by atoms with E-state index in [-0.39, 0.29) is 11.3 Å². The molecule has 3 fully saturated rings. The Morgan fingerprint density at radius 3 is 2.62 bits per heavy atom. The van der Waals surface area contributed by atoms with Gasteiger partial charge in [-0.2, -0.15) is 0 Å². The summed E-state index contributed by atoms with van der Waals surface area (Å²) in [5.41, 5.74) is 1.01. The van der Waals surface area contributed by atoms with Crippen LogP contribution in [0.15, 0.2) is 36.7 Å². The number of hydrogen-bond donors (Lipinski definition) is 0. The van der Waals surface area contributed by atoms with Crippen LogP contribution in [0.4, 0.5) is 0 Å². The zero-order valence-corrected chi connectivity index (χ0v) is 13.8. The smallest absolute Gasteiger partial charge is 0.253 e. The van der Waals surface area contributed by atoms with E-state index < -0.39 is 0 Å². The van der Waals surface area contributed by atoms with Crippen LogP contribution in [0.3, 0.4) is 0 Å².